The van der Waals surface area contributed by atoms with E-state index >= 15 is 0 Å². The maximum Gasteiger partial charge on any atom is 0.411 e. The molecule has 1 heterocycles. The van der Waals surface area contributed by atoms with Crippen molar-refractivity contribution in [1.29, 1.82) is 0 Å². The third kappa shape index (κ3) is 6.58. The summed E-state index contributed by atoms with van der Waals surface area (Å²) in [6.45, 7) is 0.826. The lowest BCUT2D eigenvalue weighted by Crippen LogP contribution is -2.35. The smallest absolute Gasteiger partial charge is 0.411 e. The van der Waals surface area contributed by atoms with Gasteiger partial charge >= 0.3 is 6.09 Å². The van der Waals surface area contributed by atoms with Gasteiger partial charge in [-0.1, -0.05) is 12.1 Å². The van der Waals surface area contributed by atoms with Crippen LogP contribution in [0.5, 0.6) is 0 Å². The van der Waals surface area contributed by atoms with E-state index in [2.05, 4.69) is 20.7 Å². The first-order chi connectivity index (χ1) is 19.0. The second-order valence-electron chi connectivity index (χ2n) is 9.40. The number of benzene rings is 3. The van der Waals surface area contributed by atoms with Gasteiger partial charge in [-0.3, -0.25) is 14.4 Å². The Morgan fingerprint density at radius 1 is 0.950 bits per heavy atom. The molecule has 2 amide bonds. The Labute approximate surface area is 232 Å². The number of carbonyl (C=O) groups excluding carboxylic acids is 2. The molecule has 210 valence electrons. The molecular weight excluding hydrogens is 537 g/mol. The molecule has 40 heavy (non-hydrogen) atoms. The van der Waals surface area contributed by atoms with Crippen LogP contribution >= 0.6 is 0 Å². The standard InChI is InChI=1S/C28H30FN5O5S/c1-33(2)15-16-34(40(4,37)38)22-12-10-20(11-13-22)30-26(18-5-8-21(9-6-18)31-28(36)39-3)25-23-14-7-19(29)17-24(23)32-27(25)35/h5-14,17,30H,15-16H2,1-4H3,(H,31,36)(H,32,35). The number of halogens is 1. The summed E-state index contributed by atoms with van der Waals surface area (Å²) in [6.07, 6.45) is 0.541. The van der Waals surface area contributed by atoms with Crippen molar-refractivity contribution in [3.05, 3.63) is 83.7 Å². The van der Waals surface area contributed by atoms with Crippen molar-refractivity contribution in [2.24, 2.45) is 0 Å². The lowest BCUT2D eigenvalue weighted by atomic mass is 9.99. The van der Waals surface area contributed by atoms with Gasteiger partial charge in [0.15, 0.2) is 0 Å². The molecule has 0 aromatic heterocycles. The molecule has 4 rings (SSSR count). The maximum atomic E-state index is 13.9. The predicted octanol–water partition coefficient (Wildman–Crippen LogP) is 4.26. The summed E-state index contributed by atoms with van der Waals surface area (Å²) in [5.41, 5.74) is 3.81. The topological polar surface area (TPSA) is 120 Å². The molecule has 1 aliphatic heterocycles. The second-order valence-corrected chi connectivity index (χ2v) is 11.3. The van der Waals surface area contributed by atoms with Gasteiger partial charge in [-0.05, 0) is 74.3 Å². The largest absolute Gasteiger partial charge is 0.453 e. The van der Waals surface area contributed by atoms with E-state index in [-0.39, 0.29) is 6.54 Å². The Bertz CT molecular complexity index is 1550. The zero-order valence-electron chi connectivity index (χ0n) is 22.5. The van der Waals surface area contributed by atoms with Gasteiger partial charge in [-0.25, -0.2) is 17.6 Å². The minimum absolute atomic E-state index is 0.285. The number of likely N-dealkylation sites (N-methyl/N-ethyl adjacent to an activating group) is 1. The van der Waals surface area contributed by atoms with Crippen LogP contribution in [0.4, 0.5) is 31.9 Å². The van der Waals surface area contributed by atoms with Crippen molar-refractivity contribution in [3.8, 4) is 0 Å². The van der Waals surface area contributed by atoms with Gasteiger partial charge in [0.1, 0.15) is 5.82 Å². The first-order valence-electron chi connectivity index (χ1n) is 12.3. The highest BCUT2D eigenvalue weighted by atomic mass is 32.2. The molecule has 0 atom stereocenters. The Kier molecular flexibility index (Phi) is 8.40. The second kappa shape index (κ2) is 11.8. The van der Waals surface area contributed by atoms with E-state index in [0.29, 0.717) is 51.7 Å². The van der Waals surface area contributed by atoms with Crippen LogP contribution < -0.4 is 20.3 Å². The van der Waals surface area contributed by atoms with Crippen LogP contribution in [0.1, 0.15) is 11.1 Å². The lowest BCUT2D eigenvalue weighted by molar-refractivity contribution is -0.110. The summed E-state index contributed by atoms with van der Waals surface area (Å²) in [4.78, 5) is 26.6. The van der Waals surface area contributed by atoms with Crippen LogP contribution in [0.15, 0.2) is 66.7 Å². The summed E-state index contributed by atoms with van der Waals surface area (Å²) < 4.78 is 44.7. The van der Waals surface area contributed by atoms with Crippen LogP contribution in [0.3, 0.4) is 0 Å². The summed E-state index contributed by atoms with van der Waals surface area (Å²) in [7, 11) is 1.49. The molecule has 0 saturated carbocycles. The number of hydrogen-bond donors (Lipinski definition) is 3. The summed E-state index contributed by atoms with van der Waals surface area (Å²) in [5, 5.41) is 8.57. The fraction of sp³-hybridized carbons (Fsp3) is 0.214. The molecule has 0 radical (unpaired) electrons. The first-order valence-corrected chi connectivity index (χ1v) is 14.1. The van der Waals surface area contributed by atoms with E-state index in [9.17, 15) is 22.4 Å². The molecular formula is C28H30FN5O5S. The Morgan fingerprint density at radius 2 is 1.57 bits per heavy atom. The third-order valence-electron chi connectivity index (χ3n) is 6.16. The van der Waals surface area contributed by atoms with Gasteiger partial charge in [0.05, 0.1) is 36.0 Å². The van der Waals surface area contributed by atoms with E-state index in [4.69, 9.17) is 0 Å². The van der Waals surface area contributed by atoms with Crippen molar-refractivity contribution < 1.29 is 27.1 Å². The molecule has 3 N–H and O–H groups in total. The van der Waals surface area contributed by atoms with Crippen LogP contribution in [0.25, 0.3) is 11.3 Å². The van der Waals surface area contributed by atoms with E-state index in [1.807, 2.05) is 19.0 Å². The Morgan fingerprint density at radius 3 is 2.17 bits per heavy atom. The Hall–Kier alpha value is -4.42. The van der Waals surface area contributed by atoms with Crippen LogP contribution in [-0.4, -0.2) is 65.9 Å². The van der Waals surface area contributed by atoms with Gasteiger partial charge in [0.2, 0.25) is 10.0 Å². The fourth-order valence-electron chi connectivity index (χ4n) is 4.19. The van der Waals surface area contributed by atoms with Gasteiger partial charge in [0, 0.05) is 30.0 Å². The van der Waals surface area contributed by atoms with E-state index in [1.54, 1.807) is 48.5 Å². The highest BCUT2D eigenvalue weighted by Gasteiger charge is 2.29. The quantitative estimate of drug-likeness (QED) is 0.331. The molecule has 10 nitrogen and oxygen atoms in total. The van der Waals surface area contributed by atoms with Gasteiger partial charge < -0.3 is 20.3 Å². The number of ether oxygens (including phenoxy) is 1. The minimum atomic E-state index is -3.51. The van der Waals surface area contributed by atoms with E-state index in [0.717, 1.165) is 6.26 Å². The Balaban J connectivity index is 1.73. The maximum absolute atomic E-state index is 13.9. The number of nitrogens with zero attached hydrogens (tertiary/aromatic N) is 2. The van der Waals surface area contributed by atoms with Crippen LogP contribution in [0.2, 0.25) is 0 Å². The van der Waals surface area contributed by atoms with Crippen LogP contribution in [-0.2, 0) is 19.6 Å². The fourth-order valence-corrected chi connectivity index (χ4v) is 5.11. The van der Waals surface area contributed by atoms with Crippen molar-refractivity contribution in [2.45, 2.75) is 0 Å². The number of fused-ring (bicyclic) bond motifs is 1. The van der Waals surface area contributed by atoms with Crippen molar-refractivity contribution in [1.82, 2.24) is 4.90 Å². The molecule has 0 spiro atoms. The number of hydrogen-bond acceptors (Lipinski definition) is 7. The number of amides is 2. The first kappa shape index (κ1) is 28.6. The third-order valence-corrected chi connectivity index (χ3v) is 7.35. The number of nitrogens with one attached hydrogen (secondary N) is 3. The van der Waals surface area contributed by atoms with Gasteiger partial charge in [-0.2, -0.15) is 0 Å². The molecule has 1 aliphatic rings. The average molecular weight is 568 g/mol. The zero-order valence-corrected chi connectivity index (χ0v) is 23.3. The number of anilines is 4. The molecule has 0 saturated heterocycles. The number of rotatable bonds is 9. The summed E-state index contributed by atoms with van der Waals surface area (Å²) in [6, 6.07) is 17.6. The molecule has 0 unspecified atom stereocenters. The molecule has 0 bridgehead atoms. The summed E-state index contributed by atoms with van der Waals surface area (Å²) >= 11 is 0. The zero-order chi connectivity index (χ0) is 29.0. The van der Waals surface area contributed by atoms with Gasteiger partial charge in [0.25, 0.3) is 5.91 Å². The number of methoxy groups -OCH3 is 1. The molecule has 3 aromatic rings. The van der Waals surface area contributed by atoms with Crippen molar-refractivity contribution in [2.75, 3.05) is 60.8 Å². The normalized spacial score (nSPS) is 13.9. The molecule has 3 aromatic carbocycles. The molecule has 12 heteroatoms. The predicted molar refractivity (Wildman–Crippen MR) is 155 cm³/mol. The number of carbonyl (C=O) groups is 2. The van der Waals surface area contributed by atoms with Crippen LogP contribution in [0, 0.1) is 5.82 Å². The highest BCUT2D eigenvalue weighted by Crippen LogP contribution is 2.38. The van der Waals surface area contributed by atoms with Gasteiger partial charge in [-0.15, -0.1) is 0 Å². The lowest BCUT2D eigenvalue weighted by Gasteiger charge is -2.24. The average Bonchev–Trinajstić information content (AvgIpc) is 3.22. The minimum Gasteiger partial charge on any atom is -0.453 e. The van der Waals surface area contributed by atoms with Crippen molar-refractivity contribution >= 4 is 56.0 Å². The van der Waals surface area contributed by atoms with E-state index in [1.165, 1.54) is 29.6 Å². The monoisotopic (exact) mass is 567 g/mol. The summed E-state index contributed by atoms with van der Waals surface area (Å²) in [5.74, 6) is -0.892. The van der Waals surface area contributed by atoms with E-state index < -0.39 is 27.8 Å². The SMILES string of the molecule is COC(=O)Nc1ccc(C(Nc2ccc(N(CCN(C)C)S(C)(=O)=O)cc2)=C2C(=O)Nc3cc(F)ccc32)cc1. The molecule has 0 fully saturated rings. The molecule has 0 aliphatic carbocycles. The number of sulfonamides is 1. The van der Waals surface area contributed by atoms with Crippen molar-refractivity contribution in [3.63, 3.8) is 0 Å². The highest BCUT2D eigenvalue weighted by molar-refractivity contribution is 7.92.